The molecule has 4 heteroatoms. The minimum absolute atomic E-state index is 0.195. The van der Waals surface area contributed by atoms with Gasteiger partial charge >= 0.3 is 0 Å². The normalized spacial score (nSPS) is 23.7. The van der Waals surface area contributed by atoms with Crippen molar-refractivity contribution in [1.29, 1.82) is 0 Å². The van der Waals surface area contributed by atoms with E-state index in [4.69, 9.17) is 9.47 Å². The summed E-state index contributed by atoms with van der Waals surface area (Å²) in [6, 6.07) is 8.96. The third kappa shape index (κ3) is 4.25. The predicted octanol–water partition coefficient (Wildman–Crippen LogP) is 3.99. The highest BCUT2D eigenvalue weighted by atomic mass is 16.7. The first-order valence-corrected chi connectivity index (χ1v) is 9.08. The zero-order valence-corrected chi connectivity index (χ0v) is 14.8. The molecule has 1 aliphatic heterocycles. The average molecular weight is 328 g/mol. The monoisotopic (exact) mass is 328 g/mol. The lowest BCUT2D eigenvalue weighted by Gasteiger charge is -2.28. The van der Waals surface area contributed by atoms with Crippen LogP contribution in [0.1, 0.15) is 44.2 Å². The number of nitrogens with zero attached hydrogens (tertiary/aromatic N) is 2. The van der Waals surface area contributed by atoms with E-state index in [1.807, 2.05) is 17.1 Å². The Morgan fingerprint density at radius 3 is 2.50 bits per heavy atom. The van der Waals surface area contributed by atoms with Gasteiger partial charge in [-0.25, -0.2) is 4.98 Å². The van der Waals surface area contributed by atoms with Gasteiger partial charge in [0.2, 0.25) is 0 Å². The molecule has 0 amide bonds. The quantitative estimate of drug-likeness (QED) is 0.735. The largest absolute Gasteiger partial charge is 0.345 e. The van der Waals surface area contributed by atoms with Crippen molar-refractivity contribution in [2.24, 2.45) is 0 Å². The Morgan fingerprint density at radius 2 is 1.92 bits per heavy atom. The number of hydrogen-bond acceptors (Lipinski definition) is 3. The molecule has 1 aromatic heterocycles. The molecular formula is C20H28N2O2. The van der Waals surface area contributed by atoms with Gasteiger partial charge in [-0.3, -0.25) is 0 Å². The van der Waals surface area contributed by atoms with Crippen molar-refractivity contribution in [3.63, 3.8) is 0 Å². The highest BCUT2D eigenvalue weighted by molar-refractivity contribution is 5.22. The van der Waals surface area contributed by atoms with Gasteiger partial charge in [-0.15, -0.1) is 0 Å². The molecule has 2 unspecified atom stereocenters. The lowest BCUT2D eigenvalue weighted by molar-refractivity contribution is -0.182. The van der Waals surface area contributed by atoms with Crippen LogP contribution >= 0.6 is 0 Å². The maximum atomic E-state index is 6.28. The van der Waals surface area contributed by atoms with Gasteiger partial charge in [-0.05, 0) is 30.4 Å². The maximum absolute atomic E-state index is 6.28. The van der Waals surface area contributed by atoms with Gasteiger partial charge in [0.1, 0.15) is 0 Å². The number of aryl methyl sites for hydroxylation is 2. The third-order valence-electron chi connectivity index (χ3n) is 4.71. The van der Waals surface area contributed by atoms with Crippen molar-refractivity contribution < 1.29 is 9.47 Å². The molecule has 3 rings (SSSR count). The van der Waals surface area contributed by atoms with Crippen LogP contribution in [0.3, 0.4) is 0 Å². The van der Waals surface area contributed by atoms with Crippen LogP contribution in [0.2, 0.25) is 0 Å². The number of benzene rings is 1. The Morgan fingerprint density at radius 1 is 1.17 bits per heavy atom. The summed E-state index contributed by atoms with van der Waals surface area (Å²) in [5.74, 6) is -0.538. The average Bonchev–Trinajstić information content (AvgIpc) is 3.25. The summed E-state index contributed by atoms with van der Waals surface area (Å²) >= 11 is 0. The van der Waals surface area contributed by atoms with Crippen molar-refractivity contribution >= 4 is 0 Å². The van der Waals surface area contributed by atoms with Gasteiger partial charge in [-0.1, -0.05) is 44.5 Å². The molecule has 4 nitrogen and oxygen atoms in total. The van der Waals surface area contributed by atoms with Crippen molar-refractivity contribution in [3.8, 4) is 0 Å². The zero-order chi connectivity index (χ0) is 16.8. The summed E-state index contributed by atoms with van der Waals surface area (Å²) < 4.78 is 14.5. The van der Waals surface area contributed by atoms with Crippen molar-refractivity contribution in [3.05, 3.63) is 54.1 Å². The number of aromatic nitrogens is 2. The van der Waals surface area contributed by atoms with Crippen LogP contribution in [-0.4, -0.2) is 28.0 Å². The molecule has 1 aromatic carbocycles. The summed E-state index contributed by atoms with van der Waals surface area (Å²) in [4.78, 5) is 4.13. The van der Waals surface area contributed by atoms with E-state index in [1.54, 1.807) is 6.20 Å². The number of ether oxygens (including phenoxy) is 2. The van der Waals surface area contributed by atoms with Crippen LogP contribution in [0.4, 0.5) is 0 Å². The number of rotatable bonds is 8. The van der Waals surface area contributed by atoms with E-state index in [-0.39, 0.29) is 6.10 Å². The minimum atomic E-state index is -0.538. The van der Waals surface area contributed by atoms with Gasteiger partial charge in [0.15, 0.2) is 5.79 Å². The second-order valence-electron chi connectivity index (χ2n) is 6.67. The van der Waals surface area contributed by atoms with E-state index < -0.39 is 5.79 Å². The van der Waals surface area contributed by atoms with E-state index >= 15 is 0 Å². The van der Waals surface area contributed by atoms with Gasteiger partial charge < -0.3 is 14.0 Å². The van der Waals surface area contributed by atoms with Crippen LogP contribution in [0.25, 0.3) is 0 Å². The molecule has 1 fully saturated rings. The molecule has 0 bridgehead atoms. The lowest BCUT2D eigenvalue weighted by atomic mass is 10.0. The molecule has 0 saturated carbocycles. The zero-order valence-electron chi connectivity index (χ0n) is 14.8. The fraction of sp³-hybridized carbons (Fsp3) is 0.550. The first kappa shape index (κ1) is 17.2. The van der Waals surface area contributed by atoms with Gasteiger partial charge in [0, 0.05) is 18.8 Å². The van der Waals surface area contributed by atoms with Gasteiger partial charge in [0.25, 0.3) is 0 Å². The fourth-order valence-corrected chi connectivity index (χ4v) is 3.27. The fourth-order valence-electron chi connectivity index (χ4n) is 3.27. The molecule has 0 spiro atoms. The summed E-state index contributed by atoms with van der Waals surface area (Å²) in [5, 5.41) is 0. The van der Waals surface area contributed by atoms with Gasteiger partial charge in [0.05, 0.1) is 25.6 Å². The predicted molar refractivity (Wildman–Crippen MR) is 94.8 cm³/mol. The molecule has 130 valence electrons. The number of imidazole rings is 1. The summed E-state index contributed by atoms with van der Waals surface area (Å²) in [6.07, 6.45) is 10.9. The Kier molecular flexibility index (Phi) is 5.69. The first-order valence-electron chi connectivity index (χ1n) is 9.08. The Bertz CT molecular complexity index is 609. The van der Waals surface area contributed by atoms with Crippen LogP contribution < -0.4 is 0 Å². The topological polar surface area (TPSA) is 36.3 Å². The van der Waals surface area contributed by atoms with E-state index in [0.717, 1.165) is 25.7 Å². The molecule has 2 heterocycles. The second-order valence-corrected chi connectivity index (χ2v) is 6.67. The molecule has 2 aromatic rings. The molecule has 0 aliphatic carbocycles. The standard InChI is InChI=1S/C20H28N2O2/c1-3-5-17-6-8-18(9-7-17)10-11-20(15-22-13-12-21-16-22)23-14-19(4-2)24-20/h6-9,12-13,16,19H,3-5,10-11,14-15H2,1-2H3. The summed E-state index contributed by atoms with van der Waals surface area (Å²) in [7, 11) is 0. The Labute approximate surface area is 144 Å². The molecule has 0 radical (unpaired) electrons. The third-order valence-corrected chi connectivity index (χ3v) is 4.71. The smallest absolute Gasteiger partial charge is 0.187 e. The van der Waals surface area contributed by atoms with Gasteiger partial charge in [-0.2, -0.15) is 0 Å². The second kappa shape index (κ2) is 7.95. The summed E-state index contributed by atoms with van der Waals surface area (Å²) in [6.45, 7) is 5.73. The van der Waals surface area contributed by atoms with Crippen LogP contribution in [0.5, 0.6) is 0 Å². The van der Waals surface area contributed by atoms with E-state index in [2.05, 4.69) is 43.1 Å². The minimum Gasteiger partial charge on any atom is -0.345 e. The van der Waals surface area contributed by atoms with Crippen molar-refractivity contribution in [1.82, 2.24) is 9.55 Å². The highest BCUT2D eigenvalue weighted by Crippen LogP contribution is 2.31. The van der Waals surface area contributed by atoms with Crippen molar-refractivity contribution in [2.45, 2.75) is 64.4 Å². The number of hydrogen-bond donors (Lipinski definition) is 0. The van der Waals surface area contributed by atoms with E-state index in [0.29, 0.717) is 13.2 Å². The van der Waals surface area contributed by atoms with Crippen LogP contribution in [0.15, 0.2) is 43.0 Å². The highest BCUT2D eigenvalue weighted by Gasteiger charge is 2.40. The molecule has 1 aliphatic rings. The first-order chi connectivity index (χ1) is 11.7. The molecular weight excluding hydrogens is 300 g/mol. The lowest BCUT2D eigenvalue weighted by Crippen LogP contribution is -2.36. The SMILES string of the molecule is CCCc1ccc(CCC2(Cn3ccnc3)OCC(CC)O2)cc1. The van der Waals surface area contributed by atoms with Crippen LogP contribution in [0, 0.1) is 0 Å². The van der Waals surface area contributed by atoms with Crippen molar-refractivity contribution in [2.75, 3.05) is 6.61 Å². The molecule has 24 heavy (non-hydrogen) atoms. The summed E-state index contributed by atoms with van der Waals surface area (Å²) in [5.41, 5.74) is 2.75. The van der Waals surface area contributed by atoms with Crippen LogP contribution in [-0.2, 0) is 28.9 Å². The molecule has 2 atom stereocenters. The van der Waals surface area contributed by atoms with E-state index in [9.17, 15) is 0 Å². The Balaban J connectivity index is 1.65. The maximum Gasteiger partial charge on any atom is 0.187 e. The Hall–Kier alpha value is -1.65. The molecule has 0 N–H and O–H groups in total. The molecule has 1 saturated heterocycles. The van der Waals surface area contributed by atoms with E-state index in [1.165, 1.54) is 17.5 Å².